The number of pyridine rings is 1. The zero-order valence-electron chi connectivity index (χ0n) is 17.1. The van der Waals surface area contributed by atoms with Gasteiger partial charge in [0.2, 0.25) is 0 Å². The number of ether oxygens (including phenoxy) is 1. The number of aromatic amines is 1. The number of hydrogen-bond acceptors (Lipinski definition) is 5. The second-order valence-electron chi connectivity index (χ2n) is 7.57. The van der Waals surface area contributed by atoms with E-state index in [-0.39, 0.29) is 5.91 Å². The van der Waals surface area contributed by atoms with E-state index < -0.39 is 0 Å². The Bertz CT molecular complexity index is 1010. The zero-order valence-corrected chi connectivity index (χ0v) is 17.1. The predicted octanol–water partition coefficient (Wildman–Crippen LogP) is 3.35. The van der Waals surface area contributed by atoms with Gasteiger partial charge in [-0.25, -0.2) is 4.98 Å². The number of H-pyrrole nitrogens is 1. The molecule has 0 spiro atoms. The molecule has 1 fully saturated rings. The molecule has 1 aliphatic rings. The lowest BCUT2D eigenvalue weighted by Gasteiger charge is -2.36. The van der Waals surface area contributed by atoms with E-state index in [1.165, 1.54) is 0 Å². The third kappa shape index (κ3) is 3.85. The number of fused-ring (bicyclic) bond motifs is 1. The third-order valence-corrected chi connectivity index (χ3v) is 5.22. The van der Waals surface area contributed by atoms with Crippen LogP contribution in [0.4, 0.5) is 11.5 Å². The van der Waals surface area contributed by atoms with Gasteiger partial charge >= 0.3 is 0 Å². The van der Waals surface area contributed by atoms with Gasteiger partial charge in [0.05, 0.1) is 18.4 Å². The van der Waals surface area contributed by atoms with Crippen molar-refractivity contribution in [3.63, 3.8) is 0 Å². The van der Waals surface area contributed by atoms with Crippen LogP contribution in [0.2, 0.25) is 0 Å². The Labute approximate surface area is 170 Å². The monoisotopic (exact) mass is 393 g/mol. The second kappa shape index (κ2) is 8.03. The van der Waals surface area contributed by atoms with Gasteiger partial charge in [0.25, 0.3) is 5.91 Å². The Morgan fingerprint density at radius 2 is 2.00 bits per heavy atom. The van der Waals surface area contributed by atoms with Crippen LogP contribution in [0, 0.1) is 0 Å². The maximum absolute atomic E-state index is 13.1. The highest BCUT2D eigenvalue weighted by atomic mass is 16.5. The fraction of sp³-hybridized carbons (Fsp3) is 0.364. The highest BCUT2D eigenvalue weighted by Gasteiger charge is 2.25. The van der Waals surface area contributed by atoms with Crippen molar-refractivity contribution in [2.75, 3.05) is 43.5 Å². The van der Waals surface area contributed by atoms with Crippen molar-refractivity contribution in [1.82, 2.24) is 14.9 Å². The molecule has 0 unspecified atom stereocenters. The van der Waals surface area contributed by atoms with Crippen LogP contribution < -0.4 is 15.0 Å². The fourth-order valence-corrected chi connectivity index (χ4v) is 3.77. The number of nitrogens with one attached hydrogen (secondary N) is 2. The van der Waals surface area contributed by atoms with Gasteiger partial charge in [-0.3, -0.25) is 4.79 Å². The summed E-state index contributed by atoms with van der Waals surface area (Å²) in [6.45, 7) is 7.05. The van der Waals surface area contributed by atoms with Crippen LogP contribution in [0.1, 0.15) is 24.2 Å². The smallest absolute Gasteiger partial charge is 0.256 e. The highest BCUT2D eigenvalue weighted by Crippen LogP contribution is 2.27. The van der Waals surface area contributed by atoms with Crippen LogP contribution in [0.25, 0.3) is 10.9 Å². The van der Waals surface area contributed by atoms with Crippen LogP contribution in [-0.4, -0.2) is 60.1 Å². The van der Waals surface area contributed by atoms with Crippen LogP contribution in [-0.2, 0) is 0 Å². The number of amides is 1. The molecule has 1 aromatic carbocycles. The van der Waals surface area contributed by atoms with Crippen molar-refractivity contribution in [2.45, 2.75) is 19.9 Å². The van der Waals surface area contributed by atoms with E-state index in [0.29, 0.717) is 24.7 Å². The number of hydrogen-bond donors (Lipinski definition) is 2. The van der Waals surface area contributed by atoms with Crippen molar-refractivity contribution in [3.05, 3.63) is 48.3 Å². The summed E-state index contributed by atoms with van der Waals surface area (Å²) in [6, 6.07) is 10.1. The first kappa shape index (κ1) is 19.1. The Morgan fingerprint density at radius 3 is 2.72 bits per heavy atom. The van der Waals surface area contributed by atoms with Crippen molar-refractivity contribution in [3.8, 4) is 5.75 Å². The van der Waals surface area contributed by atoms with E-state index in [1.54, 1.807) is 13.3 Å². The Morgan fingerprint density at radius 1 is 1.21 bits per heavy atom. The summed E-state index contributed by atoms with van der Waals surface area (Å²) in [7, 11) is 1.63. The minimum Gasteiger partial charge on any atom is -0.497 e. The molecule has 0 radical (unpaired) electrons. The molecule has 2 N–H and O–H groups in total. The summed E-state index contributed by atoms with van der Waals surface area (Å²) in [5, 5.41) is 4.35. The maximum Gasteiger partial charge on any atom is 0.256 e. The summed E-state index contributed by atoms with van der Waals surface area (Å²) >= 11 is 0. The summed E-state index contributed by atoms with van der Waals surface area (Å²) in [4.78, 5) is 25.1. The molecule has 3 aromatic rings. The van der Waals surface area contributed by atoms with Gasteiger partial charge in [-0.1, -0.05) is 0 Å². The van der Waals surface area contributed by atoms with E-state index in [1.807, 2.05) is 35.4 Å². The molecule has 2 aromatic heterocycles. The summed E-state index contributed by atoms with van der Waals surface area (Å²) in [5.41, 5.74) is 2.66. The van der Waals surface area contributed by atoms with E-state index in [4.69, 9.17) is 4.74 Å². The summed E-state index contributed by atoms with van der Waals surface area (Å²) in [6.07, 6.45) is 3.61. The molecular formula is C22H27N5O2. The molecule has 29 heavy (non-hydrogen) atoms. The average molecular weight is 393 g/mol. The number of piperazine rings is 1. The minimum absolute atomic E-state index is 0.0469. The number of anilines is 2. The number of rotatable bonds is 5. The number of carbonyl (C=O) groups excluding carboxylic acids is 1. The first-order chi connectivity index (χ1) is 14.1. The van der Waals surface area contributed by atoms with Crippen LogP contribution in [0.5, 0.6) is 5.75 Å². The van der Waals surface area contributed by atoms with Crippen LogP contribution in [0.15, 0.2) is 42.7 Å². The molecule has 7 nitrogen and oxygen atoms in total. The topological polar surface area (TPSA) is 73.5 Å². The molecule has 4 rings (SSSR count). The van der Waals surface area contributed by atoms with Crippen molar-refractivity contribution in [1.29, 1.82) is 0 Å². The lowest BCUT2D eigenvalue weighted by atomic mass is 10.1. The lowest BCUT2D eigenvalue weighted by molar-refractivity contribution is 0.0748. The molecule has 0 saturated carbocycles. The van der Waals surface area contributed by atoms with Crippen molar-refractivity contribution in [2.24, 2.45) is 0 Å². The molecule has 3 heterocycles. The highest BCUT2D eigenvalue weighted by molar-refractivity contribution is 6.07. The zero-order chi connectivity index (χ0) is 20.4. The molecular weight excluding hydrogens is 366 g/mol. The summed E-state index contributed by atoms with van der Waals surface area (Å²) < 4.78 is 5.32. The van der Waals surface area contributed by atoms with Crippen LogP contribution >= 0.6 is 0 Å². The predicted molar refractivity (Wildman–Crippen MR) is 116 cm³/mol. The summed E-state index contributed by atoms with van der Waals surface area (Å²) in [5.74, 6) is 1.74. The Balaban J connectivity index is 1.49. The number of carbonyl (C=O) groups is 1. The van der Waals surface area contributed by atoms with Gasteiger partial charge in [-0.15, -0.1) is 0 Å². The molecule has 152 valence electrons. The minimum atomic E-state index is 0.0469. The fourth-order valence-electron chi connectivity index (χ4n) is 3.77. The number of methoxy groups -OCH3 is 1. The number of nitrogens with zero attached hydrogens (tertiary/aromatic N) is 3. The molecule has 1 aliphatic heterocycles. The molecule has 1 saturated heterocycles. The second-order valence-corrected chi connectivity index (χ2v) is 7.57. The SMILES string of the molecule is COc1ccc2[nH]cc(C(=O)N3CCN(c4ncccc4NC(C)C)CC3)c2c1. The Kier molecular flexibility index (Phi) is 5.29. The van der Waals surface area contributed by atoms with Crippen molar-refractivity contribution >= 4 is 28.3 Å². The van der Waals surface area contributed by atoms with Crippen molar-refractivity contribution < 1.29 is 9.53 Å². The first-order valence-corrected chi connectivity index (χ1v) is 9.97. The standard InChI is InChI=1S/C22H27N5O2/c1-15(2)25-20-5-4-8-23-21(20)26-9-11-27(12-10-26)22(28)18-14-24-19-7-6-16(29-3)13-17(18)19/h4-8,13-15,24-25H,9-12H2,1-3H3. The van der Waals surface area contributed by atoms with Gasteiger partial charge in [0, 0.05) is 55.5 Å². The largest absolute Gasteiger partial charge is 0.497 e. The molecule has 0 bridgehead atoms. The van der Waals surface area contributed by atoms with E-state index in [2.05, 4.69) is 40.1 Å². The van der Waals surface area contributed by atoms with Gasteiger partial charge in [-0.2, -0.15) is 0 Å². The maximum atomic E-state index is 13.1. The van der Waals surface area contributed by atoms with E-state index >= 15 is 0 Å². The molecule has 0 atom stereocenters. The normalized spacial score (nSPS) is 14.5. The number of aromatic nitrogens is 2. The van der Waals surface area contributed by atoms with E-state index in [9.17, 15) is 4.79 Å². The molecule has 0 aliphatic carbocycles. The van der Waals surface area contributed by atoms with Gasteiger partial charge in [0.15, 0.2) is 5.82 Å². The lowest BCUT2D eigenvalue weighted by Crippen LogP contribution is -2.49. The molecule has 7 heteroatoms. The average Bonchev–Trinajstić information content (AvgIpc) is 3.16. The Hall–Kier alpha value is -3.22. The number of benzene rings is 1. The van der Waals surface area contributed by atoms with E-state index in [0.717, 1.165) is 41.2 Å². The van der Waals surface area contributed by atoms with Crippen LogP contribution in [0.3, 0.4) is 0 Å². The van der Waals surface area contributed by atoms with Gasteiger partial charge in [0.1, 0.15) is 5.75 Å². The molecule has 1 amide bonds. The quantitative estimate of drug-likeness (QED) is 0.695. The first-order valence-electron chi connectivity index (χ1n) is 9.97. The van der Waals surface area contributed by atoms with Gasteiger partial charge in [-0.05, 0) is 44.2 Å². The van der Waals surface area contributed by atoms with Gasteiger partial charge < -0.3 is 24.8 Å². The third-order valence-electron chi connectivity index (χ3n) is 5.22.